The largest absolute Gasteiger partial charge is 0.480 e. The molecule has 0 radical (unpaired) electrons. The molecule has 0 unspecified atom stereocenters. The van der Waals surface area contributed by atoms with E-state index in [9.17, 15) is 28.7 Å². The number of carboxylic acid groups (broad SMARTS) is 1. The number of rotatable bonds is 10. The molecule has 0 saturated heterocycles. The standard InChI is InChI=1S/C22H23FN2O6/c1-14(26)24-18(11-15-7-9-17(23)10-8-15)21(28)25-19(22(29)30)12-20(27)31-13-16-5-3-2-4-6-16/h2-10,18-19H,11-13H2,1H3,(H,24,26)(H,25,28)(H,29,30)/t18-,19-/m0/s1. The van der Waals surface area contributed by atoms with Gasteiger partial charge in [-0.05, 0) is 23.3 Å². The zero-order chi connectivity index (χ0) is 22.8. The number of carbonyl (C=O) groups excluding carboxylic acids is 3. The Kier molecular flexibility index (Phi) is 8.68. The van der Waals surface area contributed by atoms with Gasteiger partial charge in [0, 0.05) is 13.3 Å². The molecule has 3 N–H and O–H groups in total. The summed E-state index contributed by atoms with van der Waals surface area (Å²) in [6.45, 7) is 1.18. The lowest BCUT2D eigenvalue weighted by atomic mass is 10.0. The average molecular weight is 430 g/mol. The fraction of sp³-hybridized carbons (Fsp3) is 0.273. The molecular formula is C22H23FN2O6. The summed E-state index contributed by atoms with van der Waals surface area (Å²) in [5.74, 6) is -3.97. The Hall–Kier alpha value is -3.75. The number of aliphatic carboxylic acids is 1. The van der Waals surface area contributed by atoms with E-state index in [1.54, 1.807) is 30.3 Å². The van der Waals surface area contributed by atoms with Crippen molar-refractivity contribution < 1.29 is 33.4 Å². The van der Waals surface area contributed by atoms with Crippen LogP contribution in [0, 0.1) is 5.82 Å². The monoisotopic (exact) mass is 430 g/mol. The van der Waals surface area contributed by atoms with Crippen LogP contribution >= 0.6 is 0 Å². The second-order valence-electron chi connectivity index (χ2n) is 6.83. The van der Waals surface area contributed by atoms with E-state index in [0.29, 0.717) is 5.56 Å². The summed E-state index contributed by atoms with van der Waals surface area (Å²) in [5, 5.41) is 14.1. The molecular weight excluding hydrogens is 407 g/mol. The van der Waals surface area contributed by atoms with Crippen molar-refractivity contribution >= 4 is 23.8 Å². The predicted molar refractivity (Wildman–Crippen MR) is 108 cm³/mol. The van der Waals surface area contributed by atoms with Gasteiger partial charge < -0.3 is 20.5 Å². The van der Waals surface area contributed by atoms with Crippen molar-refractivity contribution in [3.05, 3.63) is 71.5 Å². The van der Waals surface area contributed by atoms with Gasteiger partial charge >= 0.3 is 11.9 Å². The molecule has 2 rings (SSSR count). The molecule has 0 aliphatic carbocycles. The first kappa shape index (κ1) is 23.5. The molecule has 0 aliphatic heterocycles. The van der Waals surface area contributed by atoms with Gasteiger partial charge in [-0.15, -0.1) is 0 Å². The third-order valence-electron chi connectivity index (χ3n) is 4.28. The van der Waals surface area contributed by atoms with Gasteiger partial charge in [-0.2, -0.15) is 0 Å². The molecule has 9 heteroatoms. The van der Waals surface area contributed by atoms with Crippen LogP contribution in [0.1, 0.15) is 24.5 Å². The second-order valence-corrected chi connectivity index (χ2v) is 6.83. The maximum Gasteiger partial charge on any atom is 0.326 e. The Bertz CT molecular complexity index is 917. The van der Waals surface area contributed by atoms with Crippen LogP contribution in [0.2, 0.25) is 0 Å². The third-order valence-corrected chi connectivity index (χ3v) is 4.28. The molecule has 164 valence electrons. The number of carbonyl (C=O) groups is 4. The lowest BCUT2D eigenvalue weighted by Crippen LogP contribution is -2.52. The lowest BCUT2D eigenvalue weighted by molar-refractivity contribution is -0.151. The molecule has 2 atom stereocenters. The number of nitrogens with one attached hydrogen (secondary N) is 2. The Balaban J connectivity index is 1.99. The molecule has 2 aromatic carbocycles. The molecule has 0 fully saturated rings. The van der Waals surface area contributed by atoms with Crippen LogP contribution in [0.25, 0.3) is 0 Å². The van der Waals surface area contributed by atoms with E-state index in [1.165, 1.54) is 31.2 Å². The van der Waals surface area contributed by atoms with Crippen LogP contribution in [0.15, 0.2) is 54.6 Å². The van der Waals surface area contributed by atoms with Gasteiger partial charge in [-0.3, -0.25) is 14.4 Å². The van der Waals surface area contributed by atoms with Crippen LogP contribution < -0.4 is 10.6 Å². The minimum Gasteiger partial charge on any atom is -0.480 e. The number of esters is 1. The first-order valence-electron chi connectivity index (χ1n) is 9.49. The average Bonchev–Trinajstić information content (AvgIpc) is 2.73. The zero-order valence-electron chi connectivity index (χ0n) is 16.8. The molecule has 2 amide bonds. The molecule has 2 aromatic rings. The molecule has 0 heterocycles. The zero-order valence-corrected chi connectivity index (χ0v) is 16.8. The van der Waals surface area contributed by atoms with Crippen molar-refractivity contribution in [1.29, 1.82) is 0 Å². The van der Waals surface area contributed by atoms with Gasteiger partial charge in [0.25, 0.3) is 0 Å². The van der Waals surface area contributed by atoms with E-state index in [4.69, 9.17) is 4.74 Å². The van der Waals surface area contributed by atoms with Gasteiger partial charge in [0.1, 0.15) is 24.5 Å². The number of amides is 2. The molecule has 0 aliphatic rings. The molecule has 0 aromatic heterocycles. The first-order chi connectivity index (χ1) is 14.7. The lowest BCUT2D eigenvalue weighted by Gasteiger charge is -2.21. The molecule has 0 saturated carbocycles. The van der Waals surface area contributed by atoms with Crippen LogP contribution in [-0.4, -0.2) is 40.9 Å². The first-order valence-corrected chi connectivity index (χ1v) is 9.49. The molecule has 8 nitrogen and oxygen atoms in total. The summed E-state index contributed by atoms with van der Waals surface area (Å²) in [4.78, 5) is 47.7. The minimum atomic E-state index is -1.54. The highest BCUT2D eigenvalue weighted by molar-refractivity contribution is 5.91. The van der Waals surface area contributed by atoms with Crippen molar-refractivity contribution in [3.8, 4) is 0 Å². The highest BCUT2D eigenvalue weighted by Gasteiger charge is 2.28. The highest BCUT2D eigenvalue weighted by atomic mass is 19.1. The van der Waals surface area contributed by atoms with Gasteiger partial charge in [-0.1, -0.05) is 42.5 Å². The number of carboxylic acids is 1. The molecule has 0 spiro atoms. The summed E-state index contributed by atoms with van der Waals surface area (Å²) in [5.41, 5.74) is 1.29. The number of halogens is 1. The summed E-state index contributed by atoms with van der Waals surface area (Å²) in [6, 6.07) is 11.5. The SMILES string of the molecule is CC(=O)N[C@@H](Cc1ccc(F)cc1)C(=O)N[C@@H](CC(=O)OCc1ccccc1)C(=O)O. The number of hydrogen-bond acceptors (Lipinski definition) is 5. The fourth-order valence-electron chi connectivity index (χ4n) is 2.75. The highest BCUT2D eigenvalue weighted by Crippen LogP contribution is 2.08. The summed E-state index contributed by atoms with van der Waals surface area (Å²) >= 11 is 0. The Morgan fingerprint density at radius 2 is 1.58 bits per heavy atom. The van der Waals surface area contributed by atoms with Crippen LogP contribution in [0.5, 0.6) is 0 Å². The van der Waals surface area contributed by atoms with Crippen LogP contribution in [0.3, 0.4) is 0 Å². The fourth-order valence-corrected chi connectivity index (χ4v) is 2.75. The van der Waals surface area contributed by atoms with Gasteiger partial charge in [-0.25, -0.2) is 9.18 Å². The molecule has 31 heavy (non-hydrogen) atoms. The van der Waals surface area contributed by atoms with E-state index < -0.39 is 48.1 Å². The Morgan fingerprint density at radius 1 is 0.935 bits per heavy atom. The van der Waals surface area contributed by atoms with Crippen molar-refractivity contribution in [1.82, 2.24) is 10.6 Å². The topological polar surface area (TPSA) is 122 Å². The third kappa shape index (κ3) is 8.25. The maximum absolute atomic E-state index is 13.1. The van der Waals surface area contributed by atoms with E-state index in [0.717, 1.165) is 5.56 Å². The second kappa shape index (κ2) is 11.4. The minimum absolute atomic E-state index is 0.0104. The van der Waals surface area contributed by atoms with Crippen LogP contribution in [-0.2, 0) is 36.9 Å². The van der Waals surface area contributed by atoms with Gasteiger partial charge in [0.2, 0.25) is 11.8 Å². The number of ether oxygens (including phenoxy) is 1. The van der Waals surface area contributed by atoms with Crippen molar-refractivity contribution in [3.63, 3.8) is 0 Å². The normalized spacial score (nSPS) is 12.3. The van der Waals surface area contributed by atoms with Crippen molar-refractivity contribution in [2.75, 3.05) is 0 Å². The summed E-state index contributed by atoms with van der Waals surface area (Å²) in [7, 11) is 0. The van der Waals surface area contributed by atoms with Crippen molar-refractivity contribution in [2.24, 2.45) is 0 Å². The van der Waals surface area contributed by atoms with E-state index in [1.807, 2.05) is 0 Å². The maximum atomic E-state index is 13.1. The molecule has 0 bridgehead atoms. The Morgan fingerprint density at radius 3 is 2.16 bits per heavy atom. The summed E-state index contributed by atoms with van der Waals surface area (Å²) in [6.07, 6.45) is -0.576. The van der Waals surface area contributed by atoms with E-state index >= 15 is 0 Å². The quantitative estimate of drug-likeness (QED) is 0.492. The smallest absolute Gasteiger partial charge is 0.326 e. The van der Waals surface area contributed by atoms with Gasteiger partial charge in [0.15, 0.2) is 0 Å². The van der Waals surface area contributed by atoms with E-state index in [2.05, 4.69) is 10.6 Å². The number of hydrogen-bond donors (Lipinski definition) is 3. The number of benzene rings is 2. The van der Waals surface area contributed by atoms with Crippen LogP contribution in [0.4, 0.5) is 4.39 Å². The summed E-state index contributed by atoms with van der Waals surface area (Å²) < 4.78 is 18.2. The Labute approximate surface area is 178 Å². The van der Waals surface area contributed by atoms with Gasteiger partial charge in [0.05, 0.1) is 6.42 Å². The van der Waals surface area contributed by atoms with E-state index in [-0.39, 0.29) is 13.0 Å². The van der Waals surface area contributed by atoms with Crippen molar-refractivity contribution in [2.45, 2.75) is 38.5 Å². The predicted octanol–water partition coefficient (Wildman–Crippen LogP) is 1.58.